The van der Waals surface area contributed by atoms with Gasteiger partial charge in [0.1, 0.15) is 5.00 Å². The van der Waals surface area contributed by atoms with Crippen LogP contribution < -0.4 is 10.6 Å². The molecule has 7 heteroatoms. The summed E-state index contributed by atoms with van der Waals surface area (Å²) < 4.78 is 4.84. The molecule has 2 N–H and O–H groups in total. The number of amides is 3. The summed E-state index contributed by atoms with van der Waals surface area (Å²) in [6.07, 6.45) is 3.99. The summed E-state index contributed by atoms with van der Waals surface area (Å²) in [5.74, 6) is -0.789. The Morgan fingerprint density at radius 3 is 2.55 bits per heavy atom. The van der Waals surface area contributed by atoms with Crippen LogP contribution in [-0.2, 0) is 17.6 Å². The number of anilines is 1. The summed E-state index contributed by atoms with van der Waals surface area (Å²) in [7, 11) is 0. The first-order valence-corrected chi connectivity index (χ1v) is 10.7. The highest BCUT2D eigenvalue weighted by molar-refractivity contribution is 7.17. The zero-order valence-electron chi connectivity index (χ0n) is 17.0. The number of carbonyl (C=O) groups is 3. The van der Waals surface area contributed by atoms with Gasteiger partial charge in [-0.25, -0.2) is 4.79 Å². The summed E-state index contributed by atoms with van der Waals surface area (Å²) in [6, 6.07) is 5.63. The Hall–Kier alpha value is -2.67. The van der Waals surface area contributed by atoms with Gasteiger partial charge in [0.15, 0.2) is 0 Å². The van der Waals surface area contributed by atoms with Crippen molar-refractivity contribution in [2.24, 2.45) is 0 Å². The van der Waals surface area contributed by atoms with Crippen molar-refractivity contribution in [2.75, 3.05) is 11.9 Å². The van der Waals surface area contributed by atoms with Gasteiger partial charge in [0.25, 0.3) is 11.8 Å². The van der Waals surface area contributed by atoms with E-state index in [1.807, 2.05) is 26.0 Å². The second-order valence-corrected chi connectivity index (χ2v) is 8.32. The average Bonchev–Trinajstić information content (AvgIpc) is 2.82. The van der Waals surface area contributed by atoms with E-state index in [0.29, 0.717) is 16.1 Å². The van der Waals surface area contributed by atoms with E-state index in [2.05, 4.69) is 10.6 Å². The number of ether oxygens (including phenoxy) is 1. The van der Waals surface area contributed by atoms with Crippen molar-refractivity contribution in [3.05, 3.63) is 50.9 Å². The predicted octanol–water partition coefficient (Wildman–Crippen LogP) is 4.77. The average molecular weight is 415 g/mol. The first-order chi connectivity index (χ1) is 13.9. The molecular formula is C22H26N2O4S. The SMILES string of the molecule is CCOC(=O)NC(=O)c1c(NC(=O)c2ccc(C)cc2C)sc2c1CCCCC2. The van der Waals surface area contributed by atoms with Gasteiger partial charge >= 0.3 is 6.09 Å². The van der Waals surface area contributed by atoms with Crippen LogP contribution in [0.3, 0.4) is 0 Å². The molecule has 0 saturated heterocycles. The van der Waals surface area contributed by atoms with Gasteiger partial charge in [-0.05, 0) is 63.6 Å². The lowest BCUT2D eigenvalue weighted by Crippen LogP contribution is -2.32. The van der Waals surface area contributed by atoms with E-state index in [4.69, 9.17) is 4.74 Å². The minimum Gasteiger partial charge on any atom is -0.450 e. The molecule has 3 amide bonds. The maximum atomic E-state index is 12.9. The van der Waals surface area contributed by atoms with Gasteiger partial charge in [-0.1, -0.05) is 24.1 Å². The highest BCUT2D eigenvalue weighted by Crippen LogP contribution is 2.37. The first kappa shape index (κ1) is 21.0. The van der Waals surface area contributed by atoms with Gasteiger partial charge in [-0.15, -0.1) is 11.3 Å². The number of hydrogen-bond donors (Lipinski definition) is 2. The lowest BCUT2D eigenvalue weighted by Gasteiger charge is -2.11. The molecule has 2 aromatic rings. The number of fused-ring (bicyclic) bond motifs is 1. The number of rotatable bonds is 4. The van der Waals surface area contributed by atoms with E-state index in [1.165, 1.54) is 11.3 Å². The minimum absolute atomic E-state index is 0.178. The Balaban J connectivity index is 1.94. The molecule has 0 aliphatic heterocycles. The smallest absolute Gasteiger partial charge is 0.414 e. The van der Waals surface area contributed by atoms with Gasteiger partial charge in [-0.2, -0.15) is 0 Å². The number of aryl methyl sites for hydroxylation is 3. The van der Waals surface area contributed by atoms with Gasteiger partial charge in [0, 0.05) is 10.4 Å². The second kappa shape index (κ2) is 9.22. The van der Waals surface area contributed by atoms with Crippen LogP contribution in [0, 0.1) is 13.8 Å². The standard InChI is InChI=1S/C22H26N2O4S/c1-4-28-22(27)24-20(26)18-16-8-6-5-7-9-17(16)29-21(18)23-19(25)15-11-10-13(2)12-14(15)3/h10-12H,4-9H2,1-3H3,(H,23,25)(H,24,26,27). The molecule has 0 fully saturated rings. The number of thiophene rings is 1. The van der Waals surface area contributed by atoms with Crippen LogP contribution in [0.1, 0.15) is 68.5 Å². The van der Waals surface area contributed by atoms with Crippen LogP contribution >= 0.6 is 11.3 Å². The van der Waals surface area contributed by atoms with Gasteiger partial charge in [-0.3, -0.25) is 14.9 Å². The zero-order valence-corrected chi connectivity index (χ0v) is 17.8. The summed E-state index contributed by atoms with van der Waals surface area (Å²) in [5, 5.41) is 5.69. The monoisotopic (exact) mass is 414 g/mol. The van der Waals surface area contributed by atoms with Crippen LogP contribution in [0.15, 0.2) is 18.2 Å². The number of benzene rings is 1. The molecule has 1 aliphatic carbocycles. The van der Waals surface area contributed by atoms with Crippen molar-refractivity contribution in [2.45, 2.75) is 52.9 Å². The Labute approximate surface area is 174 Å². The molecule has 0 bridgehead atoms. The molecule has 0 radical (unpaired) electrons. The maximum Gasteiger partial charge on any atom is 0.414 e. The Morgan fingerprint density at radius 2 is 1.83 bits per heavy atom. The molecular weight excluding hydrogens is 388 g/mol. The molecule has 1 aromatic carbocycles. The van der Waals surface area contributed by atoms with E-state index >= 15 is 0 Å². The summed E-state index contributed by atoms with van der Waals surface area (Å²) in [5.41, 5.74) is 3.84. The van der Waals surface area contributed by atoms with Crippen molar-refractivity contribution in [3.8, 4) is 0 Å². The zero-order chi connectivity index (χ0) is 21.0. The Morgan fingerprint density at radius 1 is 1.07 bits per heavy atom. The van der Waals surface area contributed by atoms with Crippen molar-refractivity contribution >= 4 is 34.2 Å². The van der Waals surface area contributed by atoms with Crippen LogP contribution in [0.5, 0.6) is 0 Å². The van der Waals surface area contributed by atoms with E-state index in [0.717, 1.165) is 53.7 Å². The topological polar surface area (TPSA) is 84.5 Å². The summed E-state index contributed by atoms with van der Waals surface area (Å²) >= 11 is 1.43. The fourth-order valence-electron chi connectivity index (χ4n) is 3.63. The molecule has 154 valence electrons. The second-order valence-electron chi connectivity index (χ2n) is 7.22. The van der Waals surface area contributed by atoms with Crippen molar-refractivity contribution < 1.29 is 19.1 Å². The molecule has 0 atom stereocenters. The maximum absolute atomic E-state index is 12.9. The third-order valence-electron chi connectivity index (χ3n) is 4.99. The molecule has 0 spiro atoms. The van der Waals surface area contributed by atoms with Gasteiger partial charge < -0.3 is 10.1 Å². The van der Waals surface area contributed by atoms with Crippen molar-refractivity contribution in [1.29, 1.82) is 0 Å². The Bertz CT molecular complexity index is 949. The van der Waals surface area contributed by atoms with Crippen LogP contribution in [0.2, 0.25) is 0 Å². The van der Waals surface area contributed by atoms with E-state index in [9.17, 15) is 14.4 Å². The molecule has 1 heterocycles. The van der Waals surface area contributed by atoms with Crippen LogP contribution in [0.4, 0.5) is 9.80 Å². The number of carbonyl (C=O) groups excluding carboxylic acids is 3. The largest absolute Gasteiger partial charge is 0.450 e. The van der Waals surface area contributed by atoms with E-state index in [1.54, 1.807) is 13.0 Å². The van der Waals surface area contributed by atoms with Crippen LogP contribution in [0.25, 0.3) is 0 Å². The number of imide groups is 1. The van der Waals surface area contributed by atoms with Gasteiger partial charge in [0.05, 0.1) is 12.2 Å². The molecule has 3 rings (SSSR count). The third-order valence-corrected chi connectivity index (χ3v) is 6.20. The summed E-state index contributed by atoms with van der Waals surface area (Å²) in [4.78, 5) is 38.6. The third kappa shape index (κ3) is 4.85. The number of alkyl carbamates (subject to hydrolysis) is 1. The lowest BCUT2D eigenvalue weighted by atomic mass is 10.0. The molecule has 1 aliphatic rings. The quantitative estimate of drug-likeness (QED) is 0.706. The fraction of sp³-hybridized carbons (Fsp3) is 0.409. The van der Waals surface area contributed by atoms with Crippen molar-refractivity contribution in [1.82, 2.24) is 5.32 Å². The van der Waals surface area contributed by atoms with E-state index < -0.39 is 12.0 Å². The molecule has 0 unspecified atom stereocenters. The van der Waals surface area contributed by atoms with Gasteiger partial charge in [0.2, 0.25) is 0 Å². The molecule has 1 aromatic heterocycles. The Kier molecular flexibility index (Phi) is 6.69. The minimum atomic E-state index is -0.780. The van der Waals surface area contributed by atoms with Crippen LogP contribution in [-0.4, -0.2) is 24.5 Å². The fourth-order valence-corrected chi connectivity index (χ4v) is 4.91. The number of nitrogens with one attached hydrogen (secondary N) is 2. The molecule has 0 saturated carbocycles. The van der Waals surface area contributed by atoms with E-state index in [-0.39, 0.29) is 12.5 Å². The predicted molar refractivity (Wildman–Crippen MR) is 114 cm³/mol. The molecule has 29 heavy (non-hydrogen) atoms. The normalized spacial score (nSPS) is 13.2. The first-order valence-electron chi connectivity index (χ1n) is 9.92. The number of hydrogen-bond acceptors (Lipinski definition) is 5. The highest BCUT2D eigenvalue weighted by atomic mass is 32.1. The summed E-state index contributed by atoms with van der Waals surface area (Å²) in [6.45, 7) is 5.72. The highest BCUT2D eigenvalue weighted by Gasteiger charge is 2.27. The molecule has 6 nitrogen and oxygen atoms in total. The lowest BCUT2D eigenvalue weighted by molar-refractivity contribution is 0.0925. The van der Waals surface area contributed by atoms with Crippen molar-refractivity contribution in [3.63, 3.8) is 0 Å².